The first kappa shape index (κ1) is 22.5. The Labute approximate surface area is 181 Å². The lowest BCUT2D eigenvalue weighted by atomic mass is 10.0. The molecule has 0 saturated carbocycles. The van der Waals surface area contributed by atoms with E-state index in [1.54, 1.807) is 37.3 Å². The summed E-state index contributed by atoms with van der Waals surface area (Å²) in [4.78, 5) is 28.9. The molecule has 0 aliphatic carbocycles. The van der Waals surface area contributed by atoms with Crippen LogP contribution in [-0.4, -0.2) is 55.5 Å². The minimum Gasteiger partial charge on any atom is -0.494 e. The molecular formula is C21H25N3O6S. The van der Waals surface area contributed by atoms with Crippen molar-refractivity contribution < 1.29 is 27.5 Å². The fourth-order valence-corrected chi connectivity index (χ4v) is 5.39. The van der Waals surface area contributed by atoms with Gasteiger partial charge >= 0.3 is 5.97 Å². The Kier molecular flexibility index (Phi) is 6.79. The van der Waals surface area contributed by atoms with Gasteiger partial charge in [0.1, 0.15) is 17.1 Å². The van der Waals surface area contributed by atoms with Crippen molar-refractivity contribution in [3.8, 4) is 5.75 Å². The highest BCUT2D eigenvalue weighted by Crippen LogP contribution is 2.23. The zero-order chi connectivity index (χ0) is 22.5. The second-order valence-corrected chi connectivity index (χ2v) is 9.69. The number of amides is 1. The van der Waals surface area contributed by atoms with Gasteiger partial charge in [-0.25, -0.2) is 18.2 Å². The van der Waals surface area contributed by atoms with Gasteiger partial charge in [-0.3, -0.25) is 4.79 Å². The number of rotatable bonds is 8. The van der Waals surface area contributed by atoms with Crippen molar-refractivity contribution in [3.05, 3.63) is 48.2 Å². The molecule has 1 aromatic heterocycles. The Morgan fingerprint density at radius 1 is 1.19 bits per heavy atom. The first-order valence-electron chi connectivity index (χ1n) is 9.83. The average Bonchev–Trinajstić information content (AvgIpc) is 3.00. The summed E-state index contributed by atoms with van der Waals surface area (Å²) < 4.78 is 33.9. The van der Waals surface area contributed by atoms with Crippen molar-refractivity contribution in [1.82, 2.24) is 10.3 Å². The van der Waals surface area contributed by atoms with Crippen LogP contribution in [0.1, 0.15) is 30.6 Å². The third-order valence-corrected chi connectivity index (χ3v) is 6.64. The van der Waals surface area contributed by atoms with Gasteiger partial charge in [0, 0.05) is 11.9 Å². The monoisotopic (exact) mass is 447 g/mol. The number of ether oxygens (including phenoxy) is 2. The van der Waals surface area contributed by atoms with Crippen LogP contribution < -0.4 is 15.4 Å². The molecule has 10 heteroatoms. The van der Waals surface area contributed by atoms with E-state index >= 15 is 0 Å². The van der Waals surface area contributed by atoms with Crippen molar-refractivity contribution >= 4 is 33.2 Å². The number of nitrogens with zero attached hydrogens (tertiary/aromatic N) is 1. The zero-order valence-corrected chi connectivity index (χ0v) is 18.2. The van der Waals surface area contributed by atoms with Crippen LogP contribution in [0.2, 0.25) is 0 Å². The molecule has 0 radical (unpaired) electrons. The van der Waals surface area contributed by atoms with E-state index < -0.39 is 33.9 Å². The number of esters is 1. The molecule has 2 N–H and O–H groups in total. The molecule has 1 fully saturated rings. The highest BCUT2D eigenvalue weighted by Gasteiger charge is 2.39. The Morgan fingerprint density at radius 2 is 1.94 bits per heavy atom. The fourth-order valence-electron chi connectivity index (χ4n) is 3.30. The minimum absolute atomic E-state index is 0.0276. The summed E-state index contributed by atoms with van der Waals surface area (Å²) in [7, 11) is -3.16. The number of carbonyl (C=O) groups excluding carboxylic acids is 2. The summed E-state index contributed by atoms with van der Waals surface area (Å²) in [5.74, 6) is -0.369. The predicted molar refractivity (Wildman–Crippen MR) is 115 cm³/mol. The third-order valence-electron chi connectivity index (χ3n) is 4.73. The van der Waals surface area contributed by atoms with E-state index in [4.69, 9.17) is 9.47 Å². The predicted octanol–water partition coefficient (Wildman–Crippen LogP) is 2.07. The van der Waals surface area contributed by atoms with Crippen LogP contribution >= 0.6 is 0 Å². The van der Waals surface area contributed by atoms with Crippen LogP contribution in [0, 0.1) is 0 Å². The minimum atomic E-state index is -3.16. The molecule has 9 nitrogen and oxygen atoms in total. The molecule has 1 aromatic carbocycles. The molecule has 3 rings (SSSR count). The van der Waals surface area contributed by atoms with Gasteiger partial charge in [-0.15, -0.1) is 0 Å². The molecule has 1 saturated heterocycles. The Hall–Kier alpha value is -3.14. The molecule has 0 bridgehead atoms. The molecule has 1 aliphatic rings. The molecule has 1 amide bonds. The van der Waals surface area contributed by atoms with Gasteiger partial charge < -0.3 is 20.1 Å². The van der Waals surface area contributed by atoms with E-state index in [1.165, 1.54) is 12.3 Å². The Morgan fingerprint density at radius 3 is 2.58 bits per heavy atom. The summed E-state index contributed by atoms with van der Waals surface area (Å²) in [5.41, 5.74) is 0.0138. The quantitative estimate of drug-likeness (QED) is 0.590. The van der Waals surface area contributed by atoms with Crippen molar-refractivity contribution in [2.45, 2.75) is 25.8 Å². The summed E-state index contributed by atoms with van der Waals surface area (Å²) >= 11 is 0. The number of anilines is 2. The number of sulfone groups is 1. The number of hydrogen-bond donors (Lipinski definition) is 2. The van der Waals surface area contributed by atoms with E-state index in [1.807, 2.05) is 6.92 Å². The average molecular weight is 448 g/mol. The van der Waals surface area contributed by atoms with E-state index in [2.05, 4.69) is 15.6 Å². The van der Waals surface area contributed by atoms with Gasteiger partial charge in [-0.05, 0) is 56.7 Å². The van der Waals surface area contributed by atoms with Gasteiger partial charge in [0.2, 0.25) is 0 Å². The normalized spacial score (nSPS) is 19.4. The van der Waals surface area contributed by atoms with Crippen LogP contribution in [0.25, 0.3) is 0 Å². The smallest absolute Gasteiger partial charge is 0.342 e. The van der Waals surface area contributed by atoms with E-state index in [0.717, 1.165) is 5.75 Å². The van der Waals surface area contributed by atoms with E-state index in [9.17, 15) is 18.0 Å². The first-order chi connectivity index (χ1) is 14.7. The van der Waals surface area contributed by atoms with Crippen LogP contribution in [0.3, 0.4) is 0 Å². The van der Waals surface area contributed by atoms with Gasteiger partial charge in [-0.2, -0.15) is 0 Å². The van der Waals surface area contributed by atoms with Gasteiger partial charge in [0.05, 0.1) is 23.7 Å². The maximum absolute atomic E-state index is 12.5. The molecule has 1 aliphatic heterocycles. The number of pyridine rings is 1. The molecule has 1 atom stereocenters. The van der Waals surface area contributed by atoms with Crippen molar-refractivity contribution in [1.29, 1.82) is 0 Å². The summed E-state index contributed by atoms with van der Waals surface area (Å²) in [5, 5.41) is 5.70. The molecule has 1 unspecified atom stereocenters. The lowest BCUT2D eigenvalue weighted by Gasteiger charge is -2.23. The van der Waals surface area contributed by atoms with Gasteiger partial charge in [-0.1, -0.05) is 0 Å². The van der Waals surface area contributed by atoms with Crippen LogP contribution in [0.15, 0.2) is 42.6 Å². The third kappa shape index (κ3) is 6.17. The number of aromatic nitrogens is 1. The Balaban J connectivity index is 1.60. The van der Waals surface area contributed by atoms with Crippen molar-refractivity contribution in [2.24, 2.45) is 0 Å². The molecule has 0 spiro atoms. The fraction of sp³-hybridized carbons (Fsp3) is 0.381. The van der Waals surface area contributed by atoms with Gasteiger partial charge in [0.25, 0.3) is 5.91 Å². The van der Waals surface area contributed by atoms with E-state index in [-0.39, 0.29) is 22.9 Å². The standard InChI is InChI=1S/C21H25N3O6S/c1-3-29-16-8-6-15(7-9-16)23-19-17(5-4-11-22-19)20(26)30-13-18(25)24-21(2)10-12-31(27,28)14-21/h4-9,11H,3,10,12-14H2,1-2H3,(H,22,23)(H,24,25). The summed E-state index contributed by atoms with van der Waals surface area (Å²) in [6.45, 7) is 3.60. The maximum Gasteiger partial charge on any atom is 0.342 e. The number of nitrogens with one attached hydrogen (secondary N) is 2. The second-order valence-electron chi connectivity index (χ2n) is 7.51. The van der Waals surface area contributed by atoms with Crippen molar-refractivity contribution in [3.63, 3.8) is 0 Å². The van der Waals surface area contributed by atoms with Gasteiger partial charge in [0.15, 0.2) is 16.4 Å². The first-order valence-corrected chi connectivity index (χ1v) is 11.7. The molecular weight excluding hydrogens is 422 g/mol. The van der Waals surface area contributed by atoms with Crippen LogP contribution in [0.5, 0.6) is 5.75 Å². The van der Waals surface area contributed by atoms with E-state index in [0.29, 0.717) is 18.7 Å². The largest absolute Gasteiger partial charge is 0.494 e. The molecule has 2 aromatic rings. The Bertz CT molecular complexity index is 1060. The number of hydrogen-bond acceptors (Lipinski definition) is 8. The zero-order valence-electron chi connectivity index (χ0n) is 17.4. The number of carbonyl (C=O) groups is 2. The lowest BCUT2D eigenvalue weighted by Crippen LogP contribution is -2.48. The highest BCUT2D eigenvalue weighted by molar-refractivity contribution is 7.91. The van der Waals surface area contributed by atoms with Crippen LogP contribution in [0.4, 0.5) is 11.5 Å². The maximum atomic E-state index is 12.5. The van der Waals surface area contributed by atoms with Crippen molar-refractivity contribution in [2.75, 3.05) is 30.0 Å². The molecule has 2 heterocycles. The summed E-state index contributed by atoms with van der Waals surface area (Å²) in [6, 6.07) is 10.3. The molecule has 166 valence electrons. The second kappa shape index (κ2) is 9.34. The topological polar surface area (TPSA) is 124 Å². The SMILES string of the molecule is CCOc1ccc(Nc2ncccc2C(=O)OCC(=O)NC2(C)CCS(=O)(=O)C2)cc1. The number of benzene rings is 1. The lowest BCUT2D eigenvalue weighted by molar-refractivity contribution is -0.125. The highest BCUT2D eigenvalue weighted by atomic mass is 32.2. The van der Waals surface area contributed by atoms with Crippen LogP contribution in [-0.2, 0) is 19.4 Å². The summed E-state index contributed by atoms with van der Waals surface area (Å²) in [6.07, 6.45) is 1.86. The molecule has 31 heavy (non-hydrogen) atoms.